The molecule has 78 valence electrons. The molecule has 1 rings (SSSR count). The summed E-state index contributed by atoms with van der Waals surface area (Å²) in [6.07, 6.45) is 0.630. The van der Waals surface area contributed by atoms with Crippen molar-refractivity contribution in [2.75, 3.05) is 13.2 Å². The number of aryl methyl sites for hydroxylation is 1. The number of nitrogens with two attached hydrogens (primary N) is 1. The summed E-state index contributed by atoms with van der Waals surface area (Å²) in [5.74, 6) is 0.318. The van der Waals surface area contributed by atoms with E-state index in [1.165, 1.54) is 0 Å². The Morgan fingerprint density at radius 2 is 2.14 bits per heavy atom. The second kappa shape index (κ2) is 4.98. The Morgan fingerprint density at radius 3 is 2.64 bits per heavy atom. The van der Waals surface area contributed by atoms with Crippen LogP contribution in [0.25, 0.3) is 0 Å². The molecule has 0 bridgehead atoms. The Morgan fingerprint density at radius 1 is 1.43 bits per heavy atom. The number of hydrogen-bond donors (Lipinski definition) is 3. The van der Waals surface area contributed by atoms with E-state index in [0.29, 0.717) is 13.0 Å². The average molecular weight is 195 g/mol. The van der Waals surface area contributed by atoms with Crippen molar-refractivity contribution in [2.24, 2.45) is 11.7 Å². The molecule has 0 aliphatic rings. The normalized spacial score (nSPS) is 12.8. The largest absolute Gasteiger partial charge is 0.508 e. The van der Waals surface area contributed by atoms with Gasteiger partial charge in [-0.3, -0.25) is 0 Å². The molecule has 0 saturated heterocycles. The Labute approximate surface area is 84.2 Å². The highest BCUT2D eigenvalue weighted by atomic mass is 16.3. The summed E-state index contributed by atoms with van der Waals surface area (Å²) in [7, 11) is 0. The van der Waals surface area contributed by atoms with Gasteiger partial charge in [-0.15, -0.1) is 0 Å². The maximum atomic E-state index is 9.61. The molecule has 0 aliphatic heterocycles. The SMILES string of the molecule is Cc1cccc(O)c1CC(CN)CO. The fourth-order valence-electron chi connectivity index (χ4n) is 1.46. The van der Waals surface area contributed by atoms with Gasteiger partial charge in [0, 0.05) is 6.61 Å². The van der Waals surface area contributed by atoms with Crippen molar-refractivity contribution in [3.63, 3.8) is 0 Å². The van der Waals surface area contributed by atoms with Gasteiger partial charge in [-0.2, -0.15) is 0 Å². The van der Waals surface area contributed by atoms with Crippen LogP contribution in [-0.4, -0.2) is 23.4 Å². The van der Waals surface area contributed by atoms with Crippen molar-refractivity contribution in [3.05, 3.63) is 29.3 Å². The zero-order valence-electron chi connectivity index (χ0n) is 8.40. The molecule has 1 aromatic rings. The van der Waals surface area contributed by atoms with Crippen LogP contribution in [0.5, 0.6) is 5.75 Å². The van der Waals surface area contributed by atoms with Gasteiger partial charge >= 0.3 is 0 Å². The monoisotopic (exact) mass is 195 g/mol. The van der Waals surface area contributed by atoms with Gasteiger partial charge < -0.3 is 15.9 Å². The van der Waals surface area contributed by atoms with E-state index in [1.54, 1.807) is 6.07 Å². The second-order valence-electron chi connectivity index (χ2n) is 3.56. The Bertz CT molecular complexity index is 275. The average Bonchev–Trinajstić information content (AvgIpc) is 2.18. The van der Waals surface area contributed by atoms with Crippen LogP contribution in [0.3, 0.4) is 0 Å². The molecule has 1 atom stereocenters. The Kier molecular flexibility index (Phi) is 3.92. The molecular weight excluding hydrogens is 178 g/mol. The first kappa shape index (κ1) is 11.0. The molecular formula is C11H17NO2. The molecule has 1 unspecified atom stereocenters. The quantitative estimate of drug-likeness (QED) is 0.666. The van der Waals surface area contributed by atoms with E-state index in [1.807, 2.05) is 19.1 Å². The van der Waals surface area contributed by atoms with Crippen molar-refractivity contribution in [1.29, 1.82) is 0 Å². The summed E-state index contributed by atoms with van der Waals surface area (Å²) >= 11 is 0. The standard InChI is InChI=1S/C11H17NO2/c1-8-3-2-4-11(14)10(8)5-9(6-12)7-13/h2-4,9,13-14H,5-7,12H2,1H3. The predicted octanol–water partition coefficient (Wildman–Crippen LogP) is 0.810. The fourth-order valence-corrected chi connectivity index (χ4v) is 1.46. The van der Waals surface area contributed by atoms with E-state index in [9.17, 15) is 5.11 Å². The number of aromatic hydroxyl groups is 1. The lowest BCUT2D eigenvalue weighted by atomic mass is 9.96. The van der Waals surface area contributed by atoms with Gasteiger partial charge in [0.25, 0.3) is 0 Å². The van der Waals surface area contributed by atoms with E-state index in [4.69, 9.17) is 10.8 Å². The lowest BCUT2D eigenvalue weighted by molar-refractivity contribution is 0.229. The van der Waals surface area contributed by atoms with E-state index < -0.39 is 0 Å². The van der Waals surface area contributed by atoms with Crippen LogP contribution in [0.15, 0.2) is 18.2 Å². The smallest absolute Gasteiger partial charge is 0.119 e. The molecule has 3 heteroatoms. The van der Waals surface area contributed by atoms with E-state index in [2.05, 4.69) is 0 Å². The zero-order valence-corrected chi connectivity index (χ0v) is 8.40. The van der Waals surface area contributed by atoms with Crippen LogP contribution in [0.1, 0.15) is 11.1 Å². The second-order valence-corrected chi connectivity index (χ2v) is 3.56. The lowest BCUT2D eigenvalue weighted by Gasteiger charge is -2.14. The highest BCUT2D eigenvalue weighted by Gasteiger charge is 2.11. The number of aliphatic hydroxyl groups excluding tert-OH is 1. The molecule has 3 nitrogen and oxygen atoms in total. The van der Waals surface area contributed by atoms with Gasteiger partial charge in [-0.05, 0) is 43.0 Å². The van der Waals surface area contributed by atoms with Gasteiger partial charge in [0.05, 0.1) is 0 Å². The third-order valence-corrected chi connectivity index (χ3v) is 2.47. The summed E-state index contributed by atoms with van der Waals surface area (Å²) < 4.78 is 0. The first-order valence-corrected chi connectivity index (χ1v) is 4.77. The first-order chi connectivity index (χ1) is 6.69. The number of hydrogen-bond acceptors (Lipinski definition) is 3. The van der Waals surface area contributed by atoms with Gasteiger partial charge in [-0.25, -0.2) is 0 Å². The number of aliphatic hydroxyl groups is 1. The van der Waals surface area contributed by atoms with Crippen LogP contribution >= 0.6 is 0 Å². The van der Waals surface area contributed by atoms with Crippen molar-refractivity contribution in [2.45, 2.75) is 13.3 Å². The summed E-state index contributed by atoms with van der Waals surface area (Å²) in [5, 5.41) is 18.6. The molecule has 4 N–H and O–H groups in total. The van der Waals surface area contributed by atoms with Gasteiger partial charge in [-0.1, -0.05) is 12.1 Å². The van der Waals surface area contributed by atoms with Crippen LogP contribution in [0.4, 0.5) is 0 Å². The van der Waals surface area contributed by atoms with Crippen molar-refractivity contribution in [3.8, 4) is 5.75 Å². The van der Waals surface area contributed by atoms with Crippen LogP contribution in [0, 0.1) is 12.8 Å². The minimum Gasteiger partial charge on any atom is -0.508 e. The van der Waals surface area contributed by atoms with Gasteiger partial charge in [0.15, 0.2) is 0 Å². The van der Waals surface area contributed by atoms with Crippen molar-refractivity contribution in [1.82, 2.24) is 0 Å². The minimum atomic E-state index is 0.0296. The molecule has 0 saturated carbocycles. The molecule has 0 spiro atoms. The highest BCUT2D eigenvalue weighted by Crippen LogP contribution is 2.23. The molecule has 0 aromatic heterocycles. The molecule has 0 aliphatic carbocycles. The van der Waals surface area contributed by atoms with Crippen molar-refractivity contribution >= 4 is 0 Å². The minimum absolute atomic E-state index is 0.0296. The first-order valence-electron chi connectivity index (χ1n) is 4.77. The third kappa shape index (κ3) is 2.47. The highest BCUT2D eigenvalue weighted by molar-refractivity contribution is 5.38. The Hall–Kier alpha value is -1.06. The maximum absolute atomic E-state index is 9.61. The van der Waals surface area contributed by atoms with E-state index >= 15 is 0 Å². The molecule has 0 fully saturated rings. The fraction of sp³-hybridized carbons (Fsp3) is 0.455. The molecule has 0 radical (unpaired) electrons. The molecule has 14 heavy (non-hydrogen) atoms. The van der Waals surface area contributed by atoms with E-state index in [-0.39, 0.29) is 18.3 Å². The van der Waals surface area contributed by atoms with Crippen LogP contribution < -0.4 is 5.73 Å². The number of phenolic OH excluding ortho intramolecular Hbond substituents is 1. The maximum Gasteiger partial charge on any atom is 0.119 e. The predicted molar refractivity (Wildman–Crippen MR) is 56.2 cm³/mol. The topological polar surface area (TPSA) is 66.5 Å². The summed E-state index contributed by atoms with van der Waals surface area (Å²) in [4.78, 5) is 0. The summed E-state index contributed by atoms with van der Waals surface area (Å²) in [5.41, 5.74) is 7.41. The van der Waals surface area contributed by atoms with Crippen LogP contribution in [0.2, 0.25) is 0 Å². The Balaban J connectivity index is 2.84. The molecule has 0 heterocycles. The number of benzene rings is 1. The van der Waals surface area contributed by atoms with Gasteiger partial charge in [0.1, 0.15) is 5.75 Å². The van der Waals surface area contributed by atoms with Gasteiger partial charge in [0.2, 0.25) is 0 Å². The van der Waals surface area contributed by atoms with Crippen LogP contribution in [-0.2, 0) is 6.42 Å². The lowest BCUT2D eigenvalue weighted by Crippen LogP contribution is -2.20. The number of phenols is 1. The molecule has 0 amide bonds. The molecule has 1 aromatic carbocycles. The summed E-state index contributed by atoms with van der Waals surface area (Å²) in [6, 6.07) is 5.41. The number of rotatable bonds is 4. The zero-order chi connectivity index (χ0) is 10.6. The van der Waals surface area contributed by atoms with E-state index in [0.717, 1.165) is 11.1 Å². The van der Waals surface area contributed by atoms with Crippen molar-refractivity contribution < 1.29 is 10.2 Å². The third-order valence-electron chi connectivity index (χ3n) is 2.47. The summed E-state index contributed by atoms with van der Waals surface area (Å²) in [6.45, 7) is 2.44.